The fourth-order valence-electron chi connectivity index (χ4n) is 2.68. The molecule has 1 aromatic heterocycles. The van der Waals surface area contributed by atoms with Crippen molar-refractivity contribution in [2.45, 2.75) is 26.4 Å². The van der Waals surface area contributed by atoms with Gasteiger partial charge in [-0.05, 0) is 25.5 Å². The van der Waals surface area contributed by atoms with Crippen LogP contribution < -0.4 is 4.90 Å². The first-order valence-corrected chi connectivity index (χ1v) is 8.26. The molecule has 1 amide bonds. The Bertz CT molecular complexity index is 628. The number of hydrogen-bond acceptors (Lipinski definition) is 4. The van der Waals surface area contributed by atoms with Crippen LogP contribution in [0, 0.1) is 0 Å². The lowest BCUT2D eigenvalue weighted by Gasteiger charge is -2.34. The van der Waals surface area contributed by atoms with E-state index in [1.165, 1.54) is 0 Å². The third kappa shape index (κ3) is 3.64. The topological polar surface area (TPSA) is 61.5 Å². The Morgan fingerprint density at radius 1 is 1.30 bits per heavy atom. The van der Waals surface area contributed by atoms with Gasteiger partial charge >= 0.3 is 0 Å². The van der Waals surface area contributed by atoms with Gasteiger partial charge in [0.25, 0.3) is 0 Å². The fraction of sp³-hybridized carbons (Fsp3) is 0.529. The summed E-state index contributed by atoms with van der Waals surface area (Å²) in [4.78, 5) is 24.2. The minimum absolute atomic E-state index is 0.0783. The fourth-order valence-corrected chi connectivity index (χ4v) is 2.68. The molecule has 6 heteroatoms. The highest BCUT2D eigenvalue weighted by Gasteiger charge is 2.23. The molecule has 0 saturated carbocycles. The van der Waals surface area contributed by atoms with Gasteiger partial charge in [-0.3, -0.25) is 4.79 Å². The Morgan fingerprint density at radius 2 is 2.04 bits per heavy atom. The lowest BCUT2D eigenvalue weighted by atomic mass is 10.3. The number of carbonyl (C=O) groups is 1. The van der Waals surface area contributed by atoms with E-state index in [9.17, 15) is 4.79 Å². The van der Waals surface area contributed by atoms with Gasteiger partial charge in [-0.1, -0.05) is 19.1 Å². The van der Waals surface area contributed by atoms with Crippen molar-refractivity contribution < 1.29 is 9.53 Å². The van der Waals surface area contributed by atoms with Crippen LogP contribution in [0.25, 0.3) is 11.0 Å². The molecule has 0 unspecified atom stereocenters. The third-order valence-corrected chi connectivity index (χ3v) is 4.38. The molecule has 6 nitrogen and oxygen atoms in total. The van der Waals surface area contributed by atoms with Gasteiger partial charge in [0.2, 0.25) is 11.9 Å². The number of nitrogens with zero attached hydrogens (tertiary/aromatic N) is 3. The zero-order valence-electron chi connectivity index (χ0n) is 13.8. The van der Waals surface area contributed by atoms with Crippen molar-refractivity contribution in [1.82, 2.24) is 14.9 Å². The minimum atomic E-state index is 0.0783. The van der Waals surface area contributed by atoms with Gasteiger partial charge in [0.05, 0.1) is 17.1 Å². The second-order valence-electron chi connectivity index (χ2n) is 5.98. The van der Waals surface area contributed by atoms with Gasteiger partial charge in [0.1, 0.15) is 6.61 Å². The van der Waals surface area contributed by atoms with Crippen LogP contribution in [-0.4, -0.2) is 59.7 Å². The van der Waals surface area contributed by atoms with Crippen LogP contribution in [0.15, 0.2) is 24.3 Å². The molecule has 3 rings (SSSR count). The van der Waals surface area contributed by atoms with E-state index in [4.69, 9.17) is 4.74 Å². The van der Waals surface area contributed by atoms with Crippen LogP contribution in [0.1, 0.15) is 20.3 Å². The predicted octanol–water partition coefficient (Wildman–Crippen LogP) is 2.03. The molecular weight excluding hydrogens is 292 g/mol. The van der Waals surface area contributed by atoms with Crippen LogP contribution >= 0.6 is 0 Å². The summed E-state index contributed by atoms with van der Waals surface area (Å²) in [5.41, 5.74) is 2.02. The molecule has 1 aliphatic rings. The summed E-state index contributed by atoms with van der Waals surface area (Å²) < 4.78 is 5.53. The molecule has 124 valence electrons. The minimum Gasteiger partial charge on any atom is -0.369 e. The van der Waals surface area contributed by atoms with Crippen molar-refractivity contribution in [3.05, 3.63) is 24.3 Å². The van der Waals surface area contributed by atoms with Crippen LogP contribution in [0.3, 0.4) is 0 Å². The summed E-state index contributed by atoms with van der Waals surface area (Å²) in [6.07, 6.45) is 1.06. The van der Waals surface area contributed by atoms with Crippen molar-refractivity contribution in [3.63, 3.8) is 0 Å². The molecule has 1 N–H and O–H groups in total. The van der Waals surface area contributed by atoms with Crippen molar-refractivity contribution in [3.8, 4) is 0 Å². The Kier molecular flexibility index (Phi) is 4.81. The van der Waals surface area contributed by atoms with Gasteiger partial charge in [-0.25, -0.2) is 4.98 Å². The SMILES string of the molecule is CC[C@@H](C)OCC(=O)N1CCN(c2nc3ccccc3[nH]2)CC1. The first-order valence-electron chi connectivity index (χ1n) is 8.26. The highest BCUT2D eigenvalue weighted by atomic mass is 16.5. The molecule has 0 radical (unpaired) electrons. The standard InChI is InChI=1S/C17H24N4O2/c1-3-13(2)23-12-16(22)20-8-10-21(11-9-20)17-18-14-6-4-5-7-15(14)19-17/h4-7,13H,3,8-12H2,1-2H3,(H,18,19)/t13-/m1/s1. The molecule has 2 aromatic rings. The number of amides is 1. The van der Waals surface area contributed by atoms with E-state index in [-0.39, 0.29) is 18.6 Å². The number of H-pyrrole nitrogens is 1. The maximum Gasteiger partial charge on any atom is 0.248 e. The van der Waals surface area contributed by atoms with Crippen LogP contribution in [0.4, 0.5) is 5.95 Å². The summed E-state index contributed by atoms with van der Waals surface area (Å²) in [6.45, 7) is 7.22. The number of carbonyl (C=O) groups excluding carboxylic acids is 1. The number of benzene rings is 1. The first kappa shape index (κ1) is 15.8. The molecule has 1 atom stereocenters. The van der Waals surface area contributed by atoms with E-state index in [1.807, 2.05) is 36.1 Å². The van der Waals surface area contributed by atoms with E-state index in [0.29, 0.717) is 13.1 Å². The number of piperazine rings is 1. The molecule has 0 bridgehead atoms. The number of anilines is 1. The normalized spacial score (nSPS) is 16.8. The number of ether oxygens (including phenoxy) is 1. The quantitative estimate of drug-likeness (QED) is 0.917. The first-order chi connectivity index (χ1) is 11.2. The lowest BCUT2D eigenvalue weighted by molar-refractivity contribution is -0.138. The number of nitrogens with one attached hydrogen (secondary N) is 1. The number of fused-ring (bicyclic) bond motifs is 1. The maximum atomic E-state index is 12.2. The summed E-state index contributed by atoms with van der Waals surface area (Å²) >= 11 is 0. The zero-order chi connectivity index (χ0) is 16.2. The van der Waals surface area contributed by atoms with Gasteiger partial charge < -0.3 is 19.5 Å². The Hall–Kier alpha value is -2.08. The molecule has 1 fully saturated rings. The number of para-hydroxylation sites is 2. The third-order valence-electron chi connectivity index (χ3n) is 4.38. The Labute approximate surface area is 136 Å². The van der Waals surface area contributed by atoms with Crippen molar-refractivity contribution in [2.24, 2.45) is 0 Å². The van der Waals surface area contributed by atoms with Crippen LogP contribution in [0.5, 0.6) is 0 Å². The van der Waals surface area contributed by atoms with Crippen LogP contribution in [0.2, 0.25) is 0 Å². The smallest absolute Gasteiger partial charge is 0.248 e. The summed E-state index contributed by atoms with van der Waals surface area (Å²) in [6, 6.07) is 8.01. The maximum absolute atomic E-state index is 12.2. The molecule has 2 heterocycles. The molecule has 1 aliphatic heterocycles. The number of hydrogen-bond donors (Lipinski definition) is 1. The highest BCUT2D eigenvalue weighted by Crippen LogP contribution is 2.18. The molecular formula is C17H24N4O2. The zero-order valence-corrected chi connectivity index (χ0v) is 13.8. The second kappa shape index (κ2) is 7.00. The van der Waals surface area contributed by atoms with E-state index < -0.39 is 0 Å². The molecule has 0 aliphatic carbocycles. The Morgan fingerprint density at radius 3 is 2.74 bits per heavy atom. The summed E-state index contributed by atoms with van der Waals surface area (Å²) in [5.74, 6) is 0.962. The highest BCUT2D eigenvalue weighted by molar-refractivity contribution is 5.78. The van der Waals surface area contributed by atoms with Crippen LogP contribution in [-0.2, 0) is 9.53 Å². The van der Waals surface area contributed by atoms with Gasteiger partial charge in [-0.2, -0.15) is 0 Å². The molecule has 23 heavy (non-hydrogen) atoms. The van der Waals surface area contributed by atoms with Gasteiger partial charge in [0, 0.05) is 26.2 Å². The average Bonchev–Trinajstić information content (AvgIpc) is 3.03. The molecule has 1 saturated heterocycles. The largest absolute Gasteiger partial charge is 0.369 e. The predicted molar refractivity (Wildman–Crippen MR) is 90.6 cm³/mol. The van der Waals surface area contributed by atoms with E-state index in [0.717, 1.165) is 36.5 Å². The van der Waals surface area contributed by atoms with Crippen molar-refractivity contribution in [1.29, 1.82) is 0 Å². The van der Waals surface area contributed by atoms with Gasteiger partial charge in [-0.15, -0.1) is 0 Å². The van der Waals surface area contributed by atoms with E-state index >= 15 is 0 Å². The monoisotopic (exact) mass is 316 g/mol. The number of aromatic amines is 1. The lowest BCUT2D eigenvalue weighted by Crippen LogP contribution is -2.50. The number of rotatable bonds is 5. The second-order valence-corrected chi connectivity index (χ2v) is 5.98. The summed E-state index contributed by atoms with van der Waals surface area (Å²) in [5, 5.41) is 0. The van der Waals surface area contributed by atoms with Crippen molar-refractivity contribution >= 4 is 22.9 Å². The van der Waals surface area contributed by atoms with Crippen molar-refractivity contribution in [2.75, 3.05) is 37.7 Å². The van der Waals surface area contributed by atoms with E-state index in [2.05, 4.69) is 21.8 Å². The van der Waals surface area contributed by atoms with E-state index in [1.54, 1.807) is 0 Å². The molecule has 1 aromatic carbocycles. The van der Waals surface area contributed by atoms with Gasteiger partial charge in [0.15, 0.2) is 0 Å². The molecule has 0 spiro atoms. The Balaban J connectivity index is 1.54. The average molecular weight is 316 g/mol. The number of imidazole rings is 1. The number of aromatic nitrogens is 2. The summed E-state index contributed by atoms with van der Waals surface area (Å²) in [7, 11) is 0.